The number of carbonyl (C=O) groups is 1. The van der Waals surface area contributed by atoms with Crippen molar-refractivity contribution in [1.82, 2.24) is 0 Å². The first kappa shape index (κ1) is 11.1. The molecule has 1 unspecified atom stereocenters. The Labute approximate surface area is 87.6 Å². The first-order valence-electron chi connectivity index (χ1n) is 4.48. The maximum atomic E-state index is 10.7. The summed E-state index contributed by atoms with van der Waals surface area (Å²) in [6.07, 6.45) is 1.16. The summed E-state index contributed by atoms with van der Waals surface area (Å²) in [5.74, 6) is -0.322. The molecule has 0 radical (unpaired) electrons. The highest BCUT2D eigenvalue weighted by Gasteiger charge is 2.07. The molecule has 0 heterocycles. The summed E-state index contributed by atoms with van der Waals surface area (Å²) in [7, 11) is 0. The first-order valence-corrected chi connectivity index (χ1v) is 4.48. The first-order chi connectivity index (χ1) is 7.13. The second kappa shape index (κ2) is 5.08. The minimum atomic E-state index is -0.322. The summed E-state index contributed by atoms with van der Waals surface area (Å²) in [5.41, 5.74) is 1.39. The quantitative estimate of drug-likeness (QED) is 0.432. The van der Waals surface area contributed by atoms with Crippen molar-refractivity contribution >= 4 is 17.7 Å². The molecule has 15 heavy (non-hydrogen) atoms. The predicted molar refractivity (Wildman–Crippen MR) is 54.4 cm³/mol. The number of nitrogens with zero attached hydrogens (tertiary/aromatic N) is 1. The molecule has 4 nitrogen and oxygen atoms in total. The van der Waals surface area contributed by atoms with E-state index in [2.05, 4.69) is 4.99 Å². The smallest absolute Gasteiger partial charge is 0.303 e. The van der Waals surface area contributed by atoms with Gasteiger partial charge in [-0.15, -0.1) is 0 Å². The van der Waals surface area contributed by atoms with E-state index in [1.807, 2.05) is 0 Å². The Bertz CT molecular complexity index is 391. The Morgan fingerprint density at radius 1 is 1.40 bits per heavy atom. The van der Waals surface area contributed by atoms with Gasteiger partial charge in [0, 0.05) is 6.92 Å². The molecule has 1 rings (SSSR count). The molecule has 0 N–H and O–H groups in total. The normalized spacial score (nSPS) is 11.3. The Balaban J connectivity index is 2.79. The van der Waals surface area contributed by atoms with Crippen molar-refractivity contribution in [2.75, 3.05) is 0 Å². The molecule has 1 aromatic rings. The SMILES string of the molecule is CC(=O)OC(C)c1ccc(N=C=O)cc1. The Kier molecular flexibility index (Phi) is 3.77. The number of hydrogen-bond acceptors (Lipinski definition) is 4. The molecule has 1 aromatic carbocycles. The van der Waals surface area contributed by atoms with E-state index < -0.39 is 0 Å². The number of carbonyl (C=O) groups excluding carboxylic acids is 2. The molecular formula is C11H11NO3. The second-order valence-corrected chi connectivity index (χ2v) is 3.05. The fraction of sp³-hybridized carbons (Fsp3) is 0.273. The maximum absolute atomic E-state index is 10.7. The van der Waals surface area contributed by atoms with Crippen LogP contribution in [0.15, 0.2) is 29.3 Å². The van der Waals surface area contributed by atoms with Crippen molar-refractivity contribution in [3.8, 4) is 0 Å². The highest BCUT2D eigenvalue weighted by atomic mass is 16.5. The Hall–Kier alpha value is -1.93. The minimum Gasteiger partial charge on any atom is -0.458 e. The molecule has 0 aliphatic heterocycles. The Morgan fingerprint density at radius 3 is 2.47 bits per heavy atom. The van der Waals surface area contributed by atoms with Gasteiger partial charge in [-0.05, 0) is 24.6 Å². The van der Waals surface area contributed by atoms with Gasteiger partial charge in [0.05, 0.1) is 5.69 Å². The molecule has 0 bridgehead atoms. The van der Waals surface area contributed by atoms with Crippen LogP contribution in [0.3, 0.4) is 0 Å². The molecule has 0 fully saturated rings. The van der Waals surface area contributed by atoms with Gasteiger partial charge in [0.25, 0.3) is 0 Å². The number of aliphatic imine (C=N–C) groups is 1. The highest BCUT2D eigenvalue weighted by molar-refractivity contribution is 5.66. The molecule has 78 valence electrons. The van der Waals surface area contributed by atoms with Crippen molar-refractivity contribution < 1.29 is 14.3 Å². The van der Waals surface area contributed by atoms with Crippen LogP contribution in [0.1, 0.15) is 25.5 Å². The van der Waals surface area contributed by atoms with E-state index in [1.165, 1.54) is 13.0 Å². The molecule has 0 aromatic heterocycles. The zero-order valence-electron chi connectivity index (χ0n) is 8.56. The van der Waals surface area contributed by atoms with Crippen LogP contribution in [-0.2, 0) is 14.3 Å². The van der Waals surface area contributed by atoms with Crippen molar-refractivity contribution in [2.45, 2.75) is 20.0 Å². The van der Waals surface area contributed by atoms with Crippen LogP contribution in [0, 0.1) is 0 Å². The number of isocyanates is 1. The van der Waals surface area contributed by atoms with Crippen LogP contribution < -0.4 is 0 Å². The lowest BCUT2D eigenvalue weighted by Gasteiger charge is -2.11. The summed E-state index contributed by atoms with van der Waals surface area (Å²) in [6.45, 7) is 3.14. The van der Waals surface area contributed by atoms with E-state index in [0.29, 0.717) is 5.69 Å². The zero-order valence-corrected chi connectivity index (χ0v) is 8.56. The molecule has 0 saturated carbocycles. The number of ether oxygens (including phenoxy) is 1. The van der Waals surface area contributed by atoms with Gasteiger partial charge in [0.2, 0.25) is 6.08 Å². The molecule has 0 aliphatic rings. The number of benzene rings is 1. The van der Waals surface area contributed by atoms with Crippen molar-refractivity contribution in [3.05, 3.63) is 29.8 Å². The second-order valence-electron chi connectivity index (χ2n) is 3.05. The van der Waals surface area contributed by atoms with E-state index in [1.54, 1.807) is 31.2 Å². The zero-order chi connectivity index (χ0) is 11.3. The van der Waals surface area contributed by atoms with Crippen molar-refractivity contribution in [2.24, 2.45) is 4.99 Å². The number of esters is 1. The van der Waals surface area contributed by atoms with E-state index in [-0.39, 0.29) is 12.1 Å². The number of hydrogen-bond donors (Lipinski definition) is 0. The molecule has 1 atom stereocenters. The molecule has 0 aliphatic carbocycles. The summed E-state index contributed by atoms with van der Waals surface area (Å²) < 4.78 is 4.99. The van der Waals surface area contributed by atoms with Crippen molar-refractivity contribution in [3.63, 3.8) is 0 Å². The largest absolute Gasteiger partial charge is 0.458 e. The fourth-order valence-corrected chi connectivity index (χ4v) is 1.19. The topological polar surface area (TPSA) is 55.7 Å². The summed E-state index contributed by atoms with van der Waals surface area (Å²) in [5, 5.41) is 0. The summed E-state index contributed by atoms with van der Waals surface area (Å²) >= 11 is 0. The lowest BCUT2D eigenvalue weighted by atomic mass is 10.1. The van der Waals surface area contributed by atoms with Gasteiger partial charge in [0.1, 0.15) is 6.10 Å². The Morgan fingerprint density at radius 2 is 2.00 bits per heavy atom. The van der Waals surface area contributed by atoms with E-state index in [4.69, 9.17) is 4.74 Å². The van der Waals surface area contributed by atoms with Gasteiger partial charge in [-0.2, -0.15) is 4.99 Å². The van der Waals surface area contributed by atoms with Crippen LogP contribution >= 0.6 is 0 Å². The van der Waals surface area contributed by atoms with Crippen LogP contribution in [0.25, 0.3) is 0 Å². The van der Waals surface area contributed by atoms with Gasteiger partial charge in [0.15, 0.2) is 0 Å². The van der Waals surface area contributed by atoms with Gasteiger partial charge < -0.3 is 4.74 Å². The van der Waals surface area contributed by atoms with Gasteiger partial charge in [-0.1, -0.05) is 12.1 Å². The summed E-state index contributed by atoms with van der Waals surface area (Å²) in [4.78, 5) is 24.1. The van der Waals surface area contributed by atoms with Gasteiger partial charge in [-0.3, -0.25) is 4.79 Å². The number of rotatable bonds is 3. The van der Waals surface area contributed by atoms with Gasteiger partial charge in [-0.25, -0.2) is 4.79 Å². The fourth-order valence-electron chi connectivity index (χ4n) is 1.19. The van der Waals surface area contributed by atoms with Crippen LogP contribution in [0.5, 0.6) is 0 Å². The summed E-state index contributed by atoms with van der Waals surface area (Å²) in [6, 6.07) is 6.84. The van der Waals surface area contributed by atoms with E-state index >= 15 is 0 Å². The maximum Gasteiger partial charge on any atom is 0.303 e. The van der Waals surface area contributed by atoms with E-state index in [9.17, 15) is 9.59 Å². The third-order valence-electron chi connectivity index (χ3n) is 1.88. The average molecular weight is 205 g/mol. The lowest BCUT2D eigenvalue weighted by molar-refractivity contribution is -0.145. The standard InChI is InChI=1S/C11H11NO3/c1-8(15-9(2)14)10-3-5-11(6-4-10)12-7-13/h3-6,8H,1-2H3. The third-order valence-corrected chi connectivity index (χ3v) is 1.88. The van der Waals surface area contributed by atoms with E-state index in [0.717, 1.165) is 5.56 Å². The molecule has 0 spiro atoms. The molecule has 0 amide bonds. The third kappa shape index (κ3) is 3.37. The minimum absolute atomic E-state index is 0.295. The molecule has 4 heteroatoms. The highest BCUT2D eigenvalue weighted by Crippen LogP contribution is 2.20. The van der Waals surface area contributed by atoms with Crippen LogP contribution in [0.2, 0.25) is 0 Å². The molecule has 0 saturated heterocycles. The predicted octanol–water partition coefficient (Wildman–Crippen LogP) is 2.28. The lowest BCUT2D eigenvalue weighted by Crippen LogP contribution is -2.04. The van der Waals surface area contributed by atoms with Gasteiger partial charge >= 0.3 is 5.97 Å². The molecular weight excluding hydrogens is 194 g/mol. The average Bonchev–Trinajstić information content (AvgIpc) is 2.18. The monoisotopic (exact) mass is 205 g/mol. The van der Waals surface area contributed by atoms with Crippen molar-refractivity contribution in [1.29, 1.82) is 0 Å². The van der Waals surface area contributed by atoms with Crippen LogP contribution in [0.4, 0.5) is 5.69 Å². The van der Waals surface area contributed by atoms with Crippen LogP contribution in [-0.4, -0.2) is 12.0 Å².